The molecule has 2 nitrogen and oxygen atoms in total. The highest BCUT2D eigenvalue weighted by Crippen LogP contribution is 2.32. The molecule has 0 saturated heterocycles. The van der Waals surface area contributed by atoms with Crippen LogP contribution < -0.4 is 0 Å². The van der Waals surface area contributed by atoms with Crippen molar-refractivity contribution >= 4 is 38.9 Å². The van der Waals surface area contributed by atoms with Crippen molar-refractivity contribution in [3.05, 3.63) is 74.5 Å². The number of nitriles is 1. The van der Waals surface area contributed by atoms with E-state index in [1.807, 2.05) is 48.5 Å². The van der Waals surface area contributed by atoms with E-state index in [9.17, 15) is 5.26 Å². The van der Waals surface area contributed by atoms with E-state index in [1.165, 1.54) is 4.88 Å². The summed E-state index contributed by atoms with van der Waals surface area (Å²) < 4.78 is 1.02. The Hall–Kier alpha value is -2.22. The van der Waals surface area contributed by atoms with Crippen LogP contribution in [0.1, 0.15) is 22.4 Å². The van der Waals surface area contributed by atoms with E-state index in [4.69, 9.17) is 4.98 Å². The molecule has 0 fully saturated rings. The number of aryl methyl sites for hydroxylation is 1. The summed E-state index contributed by atoms with van der Waals surface area (Å²) in [6.45, 7) is 2.12. The average Bonchev–Trinajstić information content (AvgIpc) is 3.06. The summed E-state index contributed by atoms with van der Waals surface area (Å²) in [6, 6.07) is 20.3. The first-order valence-corrected chi connectivity index (χ1v) is 9.25. The van der Waals surface area contributed by atoms with Gasteiger partial charge in [-0.05, 0) is 30.2 Å². The third kappa shape index (κ3) is 3.64. The molecule has 4 heteroatoms. The molecule has 0 unspecified atom stereocenters. The van der Waals surface area contributed by atoms with Crippen molar-refractivity contribution in [2.45, 2.75) is 13.3 Å². The quantitative estimate of drug-likeness (QED) is 0.493. The van der Waals surface area contributed by atoms with Gasteiger partial charge in [0, 0.05) is 14.9 Å². The van der Waals surface area contributed by atoms with E-state index in [0.29, 0.717) is 5.57 Å². The van der Waals surface area contributed by atoms with Gasteiger partial charge < -0.3 is 0 Å². The normalized spacial score (nSPS) is 11.3. The molecule has 3 rings (SSSR count). The number of allylic oxidation sites excluding steroid dienone is 1. The minimum Gasteiger partial charge on any atom is -0.235 e. The van der Waals surface area contributed by atoms with Crippen molar-refractivity contribution in [2.75, 3.05) is 0 Å². The lowest BCUT2D eigenvalue weighted by Gasteiger charge is -1.98. The average molecular weight is 395 g/mol. The zero-order chi connectivity index (χ0) is 16.9. The molecule has 0 bridgehead atoms. The lowest BCUT2D eigenvalue weighted by Crippen LogP contribution is -1.84. The standard InChI is InChI=1S/C20H15BrN2S/c1-2-18-19(15-6-4-3-5-7-15)23-20(24-18)16(13-22)12-14-8-10-17(21)11-9-14/h3-12H,2H2,1H3/b16-12-. The number of halogens is 1. The topological polar surface area (TPSA) is 36.7 Å². The summed E-state index contributed by atoms with van der Waals surface area (Å²) in [4.78, 5) is 5.96. The Morgan fingerprint density at radius 3 is 2.50 bits per heavy atom. The number of nitrogens with zero attached hydrogens (tertiary/aromatic N) is 2. The van der Waals surface area contributed by atoms with E-state index in [-0.39, 0.29) is 0 Å². The van der Waals surface area contributed by atoms with Crippen LogP contribution in [-0.4, -0.2) is 4.98 Å². The van der Waals surface area contributed by atoms with Crippen molar-refractivity contribution in [3.63, 3.8) is 0 Å². The molecule has 1 aromatic heterocycles. The molecule has 3 aromatic rings. The molecular weight excluding hydrogens is 380 g/mol. The number of rotatable bonds is 4. The summed E-state index contributed by atoms with van der Waals surface area (Å²) in [5.41, 5.74) is 3.66. The van der Waals surface area contributed by atoms with E-state index in [2.05, 4.69) is 41.1 Å². The number of thiazole rings is 1. The fourth-order valence-electron chi connectivity index (χ4n) is 2.40. The van der Waals surface area contributed by atoms with Crippen LogP contribution in [0.2, 0.25) is 0 Å². The molecule has 24 heavy (non-hydrogen) atoms. The van der Waals surface area contributed by atoms with E-state index >= 15 is 0 Å². The van der Waals surface area contributed by atoms with Crippen LogP contribution >= 0.6 is 27.3 Å². The lowest BCUT2D eigenvalue weighted by atomic mass is 10.1. The van der Waals surface area contributed by atoms with Crippen molar-refractivity contribution < 1.29 is 0 Å². The molecule has 0 N–H and O–H groups in total. The molecule has 0 aliphatic carbocycles. The van der Waals surface area contributed by atoms with Crippen LogP contribution in [0.25, 0.3) is 22.9 Å². The first-order valence-electron chi connectivity index (χ1n) is 7.64. The summed E-state index contributed by atoms with van der Waals surface area (Å²) in [6.07, 6.45) is 2.79. The molecule has 0 aliphatic rings. The fourth-order valence-corrected chi connectivity index (χ4v) is 3.65. The number of aromatic nitrogens is 1. The maximum atomic E-state index is 9.58. The number of hydrogen-bond acceptors (Lipinski definition) is 3. The Labute approximate surface area is 154 Å². The SMILES string of the molecule is CCc1sc(/C(C#N)=C\c2ccc(Br)cc2)nc1-c1ccccc1. The molecule has 0 spiro atoms. The maximum Gasteiger partial charge on any atom is 0.134 e. The second-order valence-corrected chi connectivity index (χ2v) is 7.23. The summed E-state index contributed by atoms with van der Waals surface area (Å²) in [5.74, 6) is 0. The minimum absolute atomic E-state index is 0.596. The zero-order valence-electron chi connectivity index (χ0n) is 13.2. The molecule has 1 heterocycles. The van der Waals surface area contributed by atoms with Crippen LogP contribution in [0.15, 0.2) is 59.1 Å². The van der Waals surface area contributed by atoms with Crippen LogP contribution in [0.4, 0.5) is 0 Å². The minimum atomic E-state index is 0.596. The largest absolute Gasteiger partial charge is 0.235 e. The predicted molar refractivity (Wildman–Crippen MR) is 105 cm³/mol. The first kappa shape index (κ1) is 16.6. The molecule has 0 amide bonds. The fraction of sp³-hybridized carbons (Fsp3) is 0.100. The van der Waals surface area contributed by atoms with Gasteiger partial charge in [0.05, 0.1) is 11.3 Å². The van der Waals surface area contributed by atoms with Gasteiger partial charge in [-0.1, -0.05) is 65.3 Å². The zero-order valence-corrected chi connectivity index (χ0v) is 15.6. The van der Waals surface area contributed by atoms with Gasteiger partial charge >= 0.3 is 0 Å². The second kappa shape index (κ2) is 7.57. The summed E-state index contributed by atoms with van der Waals surface area (Å²) in [5, 5.41) is 10.4. The maximum absolute atomic E-state index is 9.58. The third-order valence-corrected chi connectivity index (χ3v) is 5.36. The highest BCUT2D eigenvalue weighted by molar-refractivity contribution is 9.10. The van der Waals surface area contributed by atoms with E-state index in [0.717, 1.165) is 32.7 Å². The van der Waals surface area contributed by atoms with Crippen LogP contribution in [-0.2, 0) is 6.42 Å². The van der Waals surface area contributed by atoms with Gasteiger partial charge in [0.15, 0.2) is 0 Å². The smallest absolute Gasteiger partial charge is 0.134 e. The molecule has 0 atom stereocenters. The van der Waals surface area contributed by atoms with Crippen LogP contribution in [0, 0.1) is 11.3 Å². The second-order valence-electron chi connectivity index (χ2n) is 5.23. The van der Waals surface area contributed by atoms with Gasteiger partial charge in [0.25, 0.3) is 0 Å². The predicted octanol–water partition coefficient (Wildman–Crippen LogP) is 6.20. The molecule has 0 radical (unpaired) electrons. The van der Waals surface area contributed by atoms with E-state index < -0.39 is 0 Å². The molecule has 118 valence electrons. The Morgan fingerprint density at radius 1 is 1.17 bits per heavy atom. The first-order chi connectivity index (χ1) is 11.7. The third-order valence-electron chi connectivity index (χ3n) is 3.60. The number of benzene rings is 2. The van der Waals surface area contributed by atoms with Crippen LogP contribution in [0.5, 0.6) is 0 Å². The Balaban J connectivity index is 2.03. The van der Waals surface area contributed by atoms with Gasteiger partial charge in [-0.3, -0.25) is 0 Å². The lowest BCUT2D eigenvalue weighted by molar-refractivity contribution is 1.17. The molecule has 2 aromatic carbocycles. The van der Waals surface area contributed by atoms with Crippen LogP contribution in [0.3, 0.4) is 0 Å². The van der Waals surface area contributed by atoms with Gasteiger partial charge in [-0.25, -0.2) is 4.98 Å². The summed E-state index contributed by atoms with van der Waals surface area (Å²) >= 11 is 5.02. The van der Waals surface area contributed by atoms with Gasteiger partial charge in [-0.15, -0.1) is 11.3 Å². The highest BCUT2D eigenvalue weighted by Gasteiger charge is 2.14. The van der Waals surface area contributed by atoms with Crippen molar-refractivity contribution in [3.8, 4) is 17.3 Å². The van der Waals surface area contributed by atoms with Gasteiger partial charge in [0.2, 0.25) is 0 Å². The Kier molecular flexibility index (Phi) is 5.24. The Morgan fingerprint density at radius 2 is 1.88 bits per heavy atom. The molecule has 0 aliphatic heterocycles. The van der Waals surface area contributed by atoms with Gasteiger partial charge in [-0.2, -0.15) is 5.26 Å². The molecule has 0 saturated carbocycles. The van der Waals surface area contributed by atoms with Crippen molar-refractivity contribution in [1.29, 1.82) is 5.26 Å². The highest BCUT2D eigenvalue weighted by atomic mass is 79.9. The number of hydrogen-bond donors (Lipinski definition) is 0. The van der Waals surface area contributed by atoms with Crippen molar-refractivity contribution in [1.82, 2.24) is 4.98 Å². The molecular formula is C20H15BrN2S. The van der Waals surface area contributed by atoms with Crippen molar-refractivity contribution in [2.24, 2.45) is 0 Å². The van der Waals surface area contributed by atoms with Gasteiger partial charge in [0.1, 0.15) is 11.1 Å². The Bertz CT molecular complexity index is 903. The van der Waals surface area contributed by atoms with E-state index in [1.54, 1.807) is 11.3 Å². The monoisotopic (exact) mass is 394 g/mol. The summed E-state index contributed by atoms with van der Waals surface area (Å²) in [7, 11) is 0.